The molecule has 0 radical (unpaired) electrons. The first-order chi connectivity index (χ1) is 14.3. The molecule has 1 amide bonds. The lowest BCUT2D eigenvalue weighted by Gasteiger charge is -2.20. The van der Waals surface area contributed by atoms with Gasteiger partial charge < -0.3 is 14.4 Å². The van der Waals surface area contributed by atoms with E-state index in [9.17, 15) is 4.79 Å². The molecule has 0 fully saturated rings. The van der Waals surface area contributed by atoms with E-state index in [-0.39, 0.29) is 5.91 Å². The van der Waals surface area contributed by atoms with Crippen LogP contribution in [0, 0.1) is 20.8 Å². The Kier molecular flexibility index (Phi) is 6.45. The summed E-state index contributed by atoms with van der Waals surface area (Å²) >= 11 is 0. The van der Waals surface area contributed by atoms with Gasteiger partial charge in [-0.1, -0.05) is 18.2 Å². The number of aryl methyl sites for hydroxylation is 2. The molecule has 1 aromatic heterocycles. The van der Waals surface area contributed by atoms with Crippen LogP contribution in [0.25, 0.3) is 5.69 Å². The van der Waals surface area contributed by atoms with Gasteiger partial charge in [-0.15, -0.1) is 0 Å². The lowest BCUT2D eigenvalue weighted by atomic mass is 10.1. The molecule has 0 aliphatic heterocycles. The molecule has 3 rings (SSSR count). The molecule has 30 heavy (non-hydrogen) atoms. The molecule has 0 atom stereocenters. The summed E-state index contributed by atoms with van der Waals surface area (Å²) in [6.45, 7) is 6.46. The number of amides is 1. The van der Waals surface area contributed by atoms with Crippen molar-refractivity contribution < 1.29 is 14.3 Å². The molecule has 6 nitrogen and oxygen atoms in total. The fourth-order valence-corrected chi connectivity index (χ4v) is 3.57. The highest BCUT2D eigenvalue weighted by Gasteiger charge is 2.19. The SMILES string of the molecule is COc1cc(C)c(CN(C)C(=O)Cc2c(C)nn(-c3ccccc3)c2C)cc1OC. The lowest BCUT2D eigenvalue weighted by molar-refractivity contribution is -0.129. The maximum Gasteiger partial charge on any atom is 0.227 e. The second-order valence-electron chi connectivity index (χ2n) is 7.46. The second-order valence-corrected chi connectivity index (χ2v) is 7.46. The zero-order chi connectivity index (χ0) is 21.8. The van der Waals surface area contributed by atoms with Gasteiger partial charge in [0, 0.05) is 24.8 Å². The number of para-hydroxylation sites is 1. The van der Waals surface area contributed by atoms with Gasteiger partial charge in [-0.25, -0.2) is 4.68 Å². The van der Waals surface area contributed by atoms with Gasteiger partial charge in [0.05, 0.1) is 32.0 Å². The number of carbonyl (C=O) groups excluding carboxylic acids is 1. The first kappa shape index (κ1) is 21.4. The number of likely N-dealkylation sites (N-methyl/N-ethyl adjacent to an activating group) is 1. The van der Waals surface area contributed by atoms with E-state index in [2.05, 4.69) is 5.10 Å². The Morgan fingerprint density at radius 2 is 1.67 bits per heavy atom. The average molecular weight is 408 g/mol. The molecule has 0 saturated heterocycles. The van der Waals surface area contributed by atoms with E-state index in [4.69, 9.17) is 9.47 Å². The molecule has 0 unspecified atom stereocenters. The highest BCUT2D eigenvalue weighted by molar-refractivity contribution is 5.79. The largest absolute Gasteiger partial charge is 0.493 e. The van der Waals surface area contributed by atoms with E-state index >= 15 is 0 Å². The number of methoxy groups -OCH3 is 2. The van der Waals surface area contributed by atoms with E-state index in [1.54, 1.807) is 19.1 Å². The summed E-state index contributed by atoms with van der Waals surface area (Å²) < 4.78 is 12.7. The van der Waals surface area contributed by atoms with Crippen molar-refractivity contribution in [1.82, 2.24) is 14.7 Å². The summed E-state index contributed by atoms with van der Waals surface area (Å²) in [6.07, 6.45) is 0.313. The van der Waals surface area contributed by atoms with Gasteiger partial charge >= 0.3 is 0 Å². The monoisotopic (exact) mass is 407 g/mol. The molecule has 158 valence electrons. The van der Waals surface area contributed by atoms with Gasteiger partial charge in [0.1, 0.15) is 0 Å². The number of aromatic nitrogens is 2. The number of rotatable bonds is 7. The summed E-state index contributed by atoms with van der Waals surface area (Å²) in [7, 11) is 5.05. The van der Waals surface area contributed by atoms with Gasteiger partial charge in [0.2, 0.25) is 5.91 Å². The molecule has 0 saturated carbocycles. The Labute approximate surface area is 178 Å². The molecule has 0 N–H and O–H groups in total. The molecule has 1 heterocycles. The van der Waals surface area contributed by atoms with E-state index in [0.29, 0.717) is 24.5 Å². The quantitative estimate of drug-likeness (QED) is 0.594. The minimum absolute atomic E-state index is 0.0444. The Morgan fingerprint density at radius 3 is 2.30 bits per heavy atom. The van der Waals surface area contributed by atoms with Crippen LogP contribution in [0.2, 0.25) is 0 Å². The van der Waals surface area contributed by atoms with Crippen molar-refractivity contribution in [1.29, 1.82) is 0 Å². The zero-order valence-electron chi connectivity index (χ0n) is 18.5. The van der Waals surface area contributed by atoms with Crippen LogP contribution in [0.3, 0.4) is 0 Å². The third-order valence-electron chi connectivity index (χ3n) is 5.45. The number of nitrogens with zero attached hydrogens (tertiary/aromatic N) is 3. The van der Waals surface area contributed by atoms with Gasteiger partial charge in [-0.2, -0.15) is 5.10 Å². The summed E-state index contributed by atoms with van der Waals surface area (Å²) in [4.78, 5) is 14.7. The third-order valence-corrected chi connectivity index (χ3v) is 5.45. The minimum Gasteiger partial charge on any atom is -0.493 e. The van der Waals surface area contributed by atoms with Crippen LogP contribution in [0.15, 0.2) is 42.5 Å². The van der Waals surface area contributed by atoms with E-state index in [1.165, 1.54) is 0 Å². The smallest absolute Gasteiger partial charge is 0.227 e. The van der Waals surface area contributed by atoms with Gasteiger partial charge in [-0.05, 0) is 56.2 Å². The van der Waals surface area contributed by atoms with Crippen molar-refractivity contribution in [3.63, 3.8) is 0 Å². The van der Waals surface area contributed by atoms with Crippen molar-refractivity contribution in [3.8, 4) is 17.2 Å². The predicted octanol–water partition coefficient (Wildman–Crippen LogP) is 4.02. The molecular weight excluding hydrogens is 378 g/mol. The van der Waals surface area contributed by atoms with Crippen LogP contribution in [-0.4, -0.2) is 41.9 Å². The van der Waals surface area contributed by atoms with E-state index in [1.807, 2.05) is 75.0 Å². The standard InChI is InChI=1S/C24H29N3O3/c1-16-12-22(29-5)23(30-6)13-19(16)15-26(4)24(28)14-21-17(2)25-27(18(21)3)20-10-8-7-9-11-20/h7-13H,14-15H2,1-6H3. The molecule has 2 aromatic carbocycles. The molecule has 0 aliphatic rings. The molecule has 0 spiro atoms. The van der Waals surface area contributed by atoms with Crippen LogP contribution < -0.4 is 9.47 Å². The number of carbonyl (C=O) groups is 1. The number of hydrogen-bond donors (Lipinski definition) is 0. The first-order valence-electron chi connectivity index (χ1n) is 9.91. The third kappa shape index (κ3) is 4.32. The summed E-state index contributed by atoms with van der Waals surface area (Å²) in [5, 5.41) is 4.65. The van der Waals surface area contributed by atoms with Crippen molar-refractivity contribution in [2.45, 2.75) is 33.7 Å². The number of hydrogen-bond acceptors (Lipinski definition) is 4. The lowest BCUT2D eigenvalue weighted by Crippen LogP contribution is -2.28. The molecule has 0 aliphatic carbocycles. The summed E-state index contributed by atoms with van der Waals surface area (Å²) in [6, 6.07) is 13.8. The van der Waals surface area contributed by atoms with E-state index < -0.39 is 0 Å². The topological polar surface area (TPSA) is 56.6 Å². The Balaban J connectivity index is 1.78. The molecular formula is C24H29N3O3. The van der Waals surface area contributed by atoms with Crippen molar-refractivity contribution in [2.75, 3.05) is 21.3 Å². The maximum absolute atomic E-state index is 13.0. The van der Waals surface area contributed by atoms with Crippen LogP contribution in [0.1, 0.15) is 28.1 Å². The average Bonchev–Trinajstić information content (AvgIpc) is 3.03. The van der Waals surface area contributed by atoms with Crippen LogP contribution in [-0.2, 0) is 17.8 Å². The zero-order valence-corrected chi connectivity index (χ0v) is 18.5. The predicted molar refractivity (Wildman–Crippen MR) is 117 cm³/mol. The molecule has 0 bridgehead atoms. The highest BCUT2D eigenvalue weighted by atomic mass is 16.5. The minimum atomic E-state index is 0.0444. The molecule has 6 heteroatoms. The molecule has 3 aromatic rings. The Morgan fingerprint density at radius 1 is 1.03 bits per heavy atom. The van der Waals surface area contributed by atoms with Crippen molar-refractivity contribution in [3.05, 3.63) is 70.5 Å². The number of benzene rings is 2. The van der Waals surface area contributed by atoms with Crippen LogP contribution >= 0.6 is 0 Å². The first-order valence-corrected chi connectivity index (χ1v) is 9.91. The summed E-state index contributed by atoms with van der Waals surface area (Å²) in [5.74, 6) is 1.39. The highest BCUT2D eigenvalue weighted by Crippen LogP contribution is 2.31. The van der Waals surface area contributed by atoms with Crippen molar-refractivity contribution in [2.24, 2.45) is 0 Å². The fourth-order valence-electron chi connectivity index (χ4n) is 3.57. The van der Waals surface area contributed by atoms with Crippen LogP contribution in [0.5, 0.6) is 11.5 Å². The van der Waals surface area contributed by atoms with E-state index in [0.717, 1.165) is 33.8 Å². The van der Waals surface area contributed by atoms with Gasteiger partial charge in [0.15, 0.2) is 11.5 Å². The van der Waals surface area contributed by atoms with Gasteiger partial charge in [0.25, 0.3) is 0 Å². The Bertz CT molecular complexity index is 1040. The summed E-state index contributed by atoms with van der Waals surface area (Å²) in [5.41, 5.74) is 5.91. The normalized spacial score (nSPS) is 10.7. The maximum atomic E-state index is 13.0. The number of ether oxygens (including phenoxy) is 2. The van der Waals surface area contributed by atoms with Gasteiger partial charge in [-0.3, -0.25) is 4.79 Å². The Hall–Kier alpha value is -3.28. The second kappa shape index (κ2) is 9.03. The fraction of sp³-hybridized carbons (Fsp3) is 0.333. The van der Waals surface area contributed by atoms with Crippen LogP contribution in [0.4, 0.5) is 0 Å². The van der Waals surface area contributed by atoms with Crippen molar-refractivity contribution >= 4 is 5.91 Å².